The van der Waals surface area contributed by atoms with Crippen molar-refractivity contribution in [3.63, 3.8) is 0 Å². The molecule has 9 heteroatoms. The minimum Gasteiger partial charge on any atom is -0.493 e. The van der Waals surface area contributed by atoms with Crippen molar-refractivity contribution in [2.75, 3.05) is 32.2 Å². The van der Waals surface area contributed by atoms with Crippen LogP contribution in [0.4, 0.5) is 5.69 Å². The van der Waals surface area contributed by atoms with Gasteiger partial charge in [-0.25, -0.2) is 4.98 Å². The fourth-order valence-electron chi connectivity index (χ4n) is 4.97. The predicted molar refractivity (Wildman–Crippen MR) is 165 cm³/mol. The highest BCUT2D eigenvalue weighted by Crippen LogP contribution is 2.32. The Bertz CT molecular complexity index is 1630. The molecule has 1 saturated heterocycles. The normalized spacial score (nSPS) is 15.5. The average molecular weight is 591 g/mol. The van der Waals surface area contributed by atoms with Gasteiger partial charge < -0.3 is 19.5 Å². The summed E-state index contributed by atoms with van der Waals surface area (Å²) in [6.07, 6.45) is 3.57. The zero-order valence-corrected chi connectivity index (χ0v) is 25.2. The highest BCUT2D eigenvalue weighted by molar-refractivity contribution is 7.86. The second-order valence-electron chi connectivity index (χ2n) is 10.3. The zero-order chi connectivity index (χ0) is 29.5. The van der Waals surface area contributed by atoms with Gasteiger partial charge in [0.25, 0.3) is 0 Å². The number of benzene rings is 3. The maximum absolute atomic E-state index is 13.1. The van der Waals surface area contributed by atoms with Crippen LogP contribution >= 0.6 is 0 Å². The van der Waals surface area contributed by atoms with E-state index in [1.807, 2.05) is 44.3 Å². The summed E-state index contributed by atoms with van der Waals surface area (Å²) >= 11 is 0. The molecule has 0 saturated carbocycles. The Morgan fingerprint density at radius 1 is 1.02 bits per heavy atom. The summed E-state index contributed by atoms with van der Waals surface area (Å²) in [7, 11) is -2.11. The summed E-state index contributed by atoms with van der Waals surface area (Å²) < 4.78 is 49.0. The SMILES string of the molecule is CCc1ccc(-c2ccc3ccc(OCCCOS(=O)(=O)c4cccc(C)c4OC4CCCCO4)cc3n2)c(NC)c1. The van der Waals surface area contributed by atoms with Crippen molar-refractivity contribution >= 4 is 26.7 Å². The fraction of sp³-hybridized carbons (Fsp3) is 0.364. The summed E-state index contributed by atoms with van der Waals surface area (Å²) in [5.41, 5.74) is 5.74. The molecule has 1 fully saturated rings. The molecule has 1 N–H and O–H groups in total. The molecule has 0 spiro atoms. The molecule has 1 aliphatic heterocycles. The van der Waals surface area contributed by atoms with E-state index in [9.17, 15) is 8.42 Å². The molecular formula is C33H38N2O6S. The lowest BCUT2D eigenvalue weighted by atomic mass is 10.0. The van der Waals surface area contributed by atoms with Crippen molar-refractivity contribution in [2.24, 2.45) is 0 Å². The number of rotatable bonds is 12. The number of ether oxygens (including phenoxy) is 3. The summed E-state index contributed by atoms with van der Waals surface area (Å²) in [6.45, 7) is 4.82. The Labute approximate surface area is 248 Å². The van der Waals surface area contributed by atoms with Crippen molar-refractivity contribution in [2.45, 2.75) is 57.1 Å². The van der Waals surface area contributed by atoms with Crippen molar-refractivity contribution in [3.05, 3.63) is 77.9 Å². The Balaban J connectivity index is 1.20. The van der Waals surface area contributed by atoms with Crippen molar-refractivity contribution in [3.8, 4) is 22.8 Å². The molecule has 0 amide bonds. The Morgan fingerprint density at radius 3 is 2.67 bits per heavy atom. The van der Waals surface area contributed by atoms with Gasteiger partial charge in [-0.05, 0) is 67.6 Å². The van der Waals surface area contributed by atoms with Gasteiger partial charge in [0.2, 0.25) is 0 Å². The number of nitrogens with one attached hydrogen (secondary N) is 1. The van der Waals surface area contributed by atoms with Gasteiger partial charge in [-0.1, -0.05) is 37.3 Å². The summed E-state index contributed by atoms with van der Waals surface area (Å²) in [5.74, 6) is 0.943. The number of pyridine rings is 1. The van der Waals surface area contributed by atoms with Crippen LogP contribution in [0.5, 0.6) is 11.5 Å². The molecule has 222 valence electrons. The number of hydrogen-bond donors (Lipinski definition) is 1. The molecule has 4 aromatic rings. The largest absolute Gasteiger partial charge is 0.493 e. The molecule has 2 heterocycles. The third-order valence-corrected chi connectivity index (χ3v) is 8.67. The van der Waals surface area contributed by atoms with Gasteiger partial charge in [0.15, 0.2) is 6.29 Å². The van der Waals surface area contributed by atoms with Crippen LogP contribution in [0.3, 0.4) is 0 Å². The topological polar surface area (TPSA) is 96.0 Å². The highest BCUT2D eigenvalue weighted by Gasteiger charge is 2.25. The monoisotopic (exact) mass is 590 g/mol. The van der Waals surface area contributed by atoms with Gasteiger partial charge in [0.1, 0.15) is 16.4 Å². The van der Waals surface area contributed by atoms with E-state index < -0.39 is 16.4 Å². The Morgan fingerprint density at radius 2 is 1.88 bits per heavy atom. The van der Waals surface area contributed by atoms with E-state index in [0.29, 0.717) is 24.3 Å². The van der Waals surface area contributed by atoms with E-state index in [1.54, 1.807) is 6.07 Å². The highest BCUT2D eigenvalue weighted by atomic mass is 32.2. The minimum atomic E-state index is -4.03. The molecule has 0 radical (unpaired) electrons. The molecule has 3 aromatic carbocycles. The lowest BCUT2D eigenvalue weighted by molar-refractivity contribution is -0.107. The molecule has 0 aliphatic carbocycles. The second-order valence-corrected chi connectivity index (χ2v) is 11.9. The third kappa shape index (κ3) is 7.03. The van der Waals surface area contributed by atoms with Crippen LogP contribution in [0.2, 0.25) is 0 Å². The third-order valence-electron chi connectivity index (χ3n) is 7.33. The van der Waals surface area contributed by atoms with E-state index in [1.165, 1.54) is 11.6 Å². The fourth-order valence-corrected chi connectivity index (χ4v) is 6.11. The van der Waals surface area contributed by atoms with Gasteiger partial charge >= 0.3 is 10.1 Å². The molecule has 1 aromatic heterocycles. The molecule has 42 heavy (non-hydrogen) atoms. The zero-order valence-electron chi connectivity index (χ0n) is 24.4. The van der Waals surface area contributed by atoms with Crippen LogP contribution in [0, 0.1) is 6.92 Å². The summed E-state index contributed by atoms with van der Waals surface area (Å²) in [6, 6.07) is 21.2. The molecule has 8 nitrogen and oxygen atoms in total. The van der Waals surface area contributed by atoms with Crippen LogP contribution in [0.15, 0.2) is 71.6 Å². The van der Waals surface area contributed by atoms with Gasteiger partial charge in [-0.3, -0.25) is 4.18 Å². The first-order valence-corrected chi connectivity index (χ1v) is 15.9. The first kappa shape index (κ1) is 29.8. The summed E-state index contributed by atoms with van der Waals surface area (Å²) in [5, 5.41) is 4.29. The molecule has 1 unspecified atom stereocenters. The number of aryl methyl sites for hydroxylation is 2. The lowest BCUT2D eigenvalue weighted by Gasteiger charge is -2.25. The molecule has 5 rings (SSSR count). The van der Waals surface area contributed by atoms with E-state index in [0.717, 1.165) is 53.5 Å². The maximum Gasteiger partial charge on any atom is 0.300 e. The number of hydrogen-bond acceptors (Lipinski definition) is 8. The van der Waals surface area contributed by atoms with E-state index in [4.69, 9.17) is 23.4 Å². The van der Waals surface area contributed by atoms with Crippen LogP contribution in [0.1, 0.15) is 43.7 Å². The smallest absolute Gasteiger partial charge is 0.300 e. The van der Waals surface area contributed by atoms with Crippen LogP contribution in [-0.4, -0.2) is 46.6 Å². The van der Waals surface area contributed by atoms with Crippen molar-refractivity contribution in [1.29, 1.82) is 0 Å². The van der Waals surface area contributed by atoms with E-state index in [2.05, 4.69) is 36.5 Å². The number of para-hydroxylation sites is 1. The number of anilines is 1. The van der Waals surface area contributed by atoms with Crippen LogP contribution in [-0.2, 0) is 25.5 Å². The van der Waals surface area contributed by atoms with E-state index in [-0.39, 0.29) is 23.9 Å². The average Bonchev–Trinajstić information content (AvgIpc) is 3.01. The summed E-state index contributed by atoms with van der Waals surface area (Å²) in [4.78, 5) is 4.91. The van der Waals surface area contributed by atoms with Crippen LogP contribution < -0.4 is 14.8 Å². The quantitative estimate of drug-likeness (QED) is 0.141. The first-order valence-electron chi connectivity index (χ1n) is 14.5. The van der Waals surface area contributed by atoms with Crippen molar-refractivity contribution in [1.82, 2.24) is 4.98 Å². The minimum absolute atomic E-state index is 0.0137. The van der Waals surface area contributed by atoms with Gasteiger partial charge in [-0.2, -0.15) is 8.42 Å². The molecule has 1 atom stereocenters. The van der Waals surface area contributed by atoms with Crippen molar-refractivity contribution < 1.29 is 26.8 Å². The molecule has 1 aliphatic rings. The maximum atomic E-state index is 13.1. The molecular weight excluding hydrogens is 552 g/mol. The predicted octanol–water partition coefficient (Wildman–Crippen LogP) is 6.89. The van der Waals surface area contributed by atoms with E-state index >= 15 is 0 Å². The lowest BCUT2D eigenvalue weighted by Crippen LogP contribution is -2.26. The Kier molecular flexibility index (Phi) is 9.62. The van der Waals surface area contributed by atoms with Crippen LogP contribution in [0.25, 0.3) is 22.2 Å². The standard InChI is InChI=1S/C33H38N2O6S/c1-4-24-12-16-27(30(21-24)34-3)28-17-14-25-13-15-26(22-29(25)35-28)38-19-8-20-40-42(36,37)31-10-7-9-23(2)33(31)41-32-11-5-6-18-39-32/h7,9-10,12-17,21-22,32,34H,4-6,8,11,18-20H2,1-3H3. The van der Waals surface area contributed by atoms with Gasteiger partial charge in [-0.15, -0.1) is 0 Å². The first-order chi connectivity index (χ1) is 20.4. The van der Waals surface area contributed by atoms with Gasteiger partial charge in [0, 0.05) is 42.6 Å². The number of aromatic nitrogens is 1. The second kappa shape index (κ2) is 13.5. The Hall–Kier alpha value is -3.66. The van der Waals surface area contributed by atoms with Gasteiger partial charge in [0.05, 0.1) is 31.0 Å². The number of fused-ring (bicyclic) bond motifs is 1. The molecule has 0 bridgehead atoms. The number of nitrogens with zero attached hydrogens (tertiary/aromatic N) is 1.